The van der Waals surface area contributed by atoms with Gasteiger partial charge in [-0.05, 0) is 38.0 Å². The van der Waals surface area contributed by atoms with Gasteiger partial charge in [0.2, 0.25) is 15.9 Å². The van der Waals surface area contributed by atoms with E-state index in [4.69, 9.17) is 5.73 Å². The molecule has 0 saturated carbocycles. The minimum absolute atomic E-state index is 0.0215. The van der Waals surface area contributed by atoms with E-state index in [9.17, 15) is 13.2 Å². The van der Waals surface area contributed by atoms with Crippen LogP contribution in [0.15, 0.2) is 27.6 Å². The fourth-order valence-corrected chi connectivity index (χ4v) is 4.01. The molecule has 21 heavy (non-hydrogen) atoms. The lowest BCUT2D eigenvalue weighted by atomic mass is 10.3. The second-order valence-corrected chi connectivity index (χ2v) is 7.66. The van der Waals surface area contributed by atoms with E-state index in [0.29, 0.717) is 17.6 Å². The number of nitrogen functional groups attached to an aromatic ring is 1. The third-order valence-electron chi connectivity index (χ3n) is 3.38. The summed E-state index contributed by atoms with van der Waals surface area (Å²) < 4.78 is 27.7. The molecule has 1 aliphatic heterocycles. The number of carbonyl (C=O) groups is 1. The molecule has 6 nitrogen and oxygen atoms in total. The number of carbonyl (C=O) groups excluding carboxylic acids is 1. The van der Waals surface area contributed by atoms with E-state index in [0.717, 1.165) is 12.8 Å². The van der Waals surface area contributed by atoms with Crippen LogP contribution in [0.1, 0.15) is 19.8 Å². The molecule has 1 unspecified atom stereocenters. The van der Waals surface area contributed by atoms with Crippen LogP contribution in [0.2, 0.25) is 0 Å². The summed E-state index contributed by atoms with van der Waals surface area (Å²) >= 11 is 3.23. The van der Waals surface area contributed by atoms with Crippen molar-refractivity contribution >= 4 is 37.5 Å². The average molecular weight is 376 g/mol. The number of hydrogen-bond acceptors (Lipinski definition) is 4. The van der Waals surface area contributed by atoms with Crippen LogP contribution in [0.25, 0.3) is 0 Å². The van der Waals surface area contributed by atoms with Crippen LogP contribution in [0, 0.1) is 0 Å². The standard InChI is InChI=1S/C13H18BrN3O3S/c1-9(13(18)17-6-2-3-7-17)16-21(19,20)12-5-4-10(14)8-11(12)15/h4-5,8-9,16H,2-3,6-7,15H2,1H3. The summed E-state index contributed by atoms with van der Waals surface area (Å²) in [7, 11) is -3.82. The van der Waals surface area contributed by atoms with E-state index in [2.05, 4.69) is 20.7 Å². The van der Waals surface area contributed by atoms with Gasteiger partial charge in [-0.2, -0.15) is 4.72 Å². The van der Waals surface area contributed by atoms with Crippen molar-refractivity contribution in [3.05, 3.63) is 22.7 Å². The van der Waals surface area contributed by atoms with E-state index in [-0.39, 0.29) is 16.5 Å². The van der Waals surface area contributed by atoms with Crippen molar-refractivity contribution in [1.29, 1.82) is 0 Å². The second kappa shape index (κ2) is 6.33. The normalized spacial score (nSPS) is 17.0. The van der Waals surface area contributed by atoms with Crippen LogP contribution in [-0.4, -0.2) is 38.4 Å². The minimum Gasteiger partial charge on any atom is -0.398 e. The van der Waals surface area contributed by atoms with Crippen molar-refractivity contribution in [3.63, 3.8) is 0 Å². The molecule has 1 aromatic carbocycles. The van der Waals surface area contributed by atoms with Gasteiger partial charge in [-0.15, -0.1) is 0 Å². The van der Waals surface area contributed by atoms with Gasteiger partial charge in [-0.25, -0.2) is 8.42 Å². The Morgan fingerprint density at radius 2 is 2.00 bits per heavy atom. The molecule has 3 N–H and O–H groups in total. The van der Waals surface area contributed by atoms with Gasteiger partial charge in [0.05, 0.1) is 11.7 Å². The molecule has 1 amide bonds. The zero-order chi connectivity index (χ0) is 15.6. The highest BCUT2D eigenvalue weighted by Gasteiger charge is 2.28. The first-order valence-electron chi connectivity index (χ1n) is 6.67. The van der Waals surface area contributed by atoms with Gasteiger partial charge < -0.3 is 10.6 Å². The minimum atomic E-state index is -3.82. The Kier molecular flexibility index (Phi) is 4.90. The van der Waals surface area contributed by atoms with E-state index in [1.807, 2.05) is 0 Å². The molecule has 0 spiro atoms. The Balaban J connectivity index is 2.14. The molecule has 0 radical (unpaired) electrons. The number of rotatable bonds is 4. The van der Waals surface area contributed by atoms with Crippen LogP contribution in [-0.2, 0) is 14.8 Å². The van der Waals surface area contributed by atoms with Gasteiger partial charge in [0.15, 0.2) is 0 Å². The first-order valence-corrected chi connectivity index (χ1v) is 8.95. The highest BCUT2D eigenvalue weighted by Crippen LogP contribution is 2.23. The number of hydrogen-bond donors (Lipinski definition) is 2. The summed E-state index contributed by atoms with van der Waals surface area (Å²) in [4.78, 5) is 13.8. The quantitative estimate of drug-likeness (QED) is 0.776. The highest BCUT2D eigenvalue weighted by atomic mass is 79.9. The molecule has 116 valence electrons. The van der Waals surface area contributed by atoms with Crippen LogP contribution in [0.5, 0.6) is 0 Å². The Morgan fingerprint density at radius 3 is 2.57 bits per heavy atom. The Hall–Kier alpha value is -1.12. The van der Waals surface area contributed by atoms with Crippen LogP contribution >= 0.6 is 15.9 Å². The smallest absolute Gasteiger partial charge is 0.243 e. The van der Waals surface area contributed by atoms with Crippen molar-refractivity contribution in [1.82, 2.24) is 9.62 Å². The summed E-state index contributed by atoms with van der Waals surface area (Å²) in [5.41, 5.74) is 5.87. The highest BCUT2D eigenvalue weighted by molar-refractivity contribution is 9.10. The summed E-state index contributed by atoms with van der Waals surface area (Å²) in [6, 6.07) is 3.71. The monoisotopic (exact) mass is 375 g/mol. The van der Waals surface area contributed by atoms with E-state index in [1.54, 1.807) is 17.9 Å². The summed E-state index contributed by atoms with van der Waals surface area (Å²) in [6.45, 7) is 2.92. The molecule has 2 rings (SSSR count). The maximum atomic E-state index is 12.3. The molecule has 1 fully saturated rings. The second-order valence-electron chi connectivity index (χ2n) is 5.06. The predicted molar refractivity (Wildman–Crippen MR) is 84.2 cm³/mol. The van der Waals surface area contributed by atoms with Gasteiger partial charge >= 0.3 is 0 Å². The molecule has 1 heterocycles. The molecule has 1 aromatic rings. The van der Waals surface area contributed by atoms with E-state index < -0.39 is 16.1 Å². The number of nitrogens with two attached hydrogens (primary N) is 1. The average Bonchev–Trinajstić information content (AvgIpc) is 2.90. The first kappa shape index (κ1) is 16.3. The molecule has 1 aliphatic rings. The van der Waals surface area contributed by atoms with Crippen molar-refractivity contribution in [2.75, 3.05) is 18.8 Å². The maximum Gasteiger partial charge on any atom is 0.243 e. The number of benzene rings is 1. The van der Waals surface area contributed by atoms with Crippen LogP contribution in [0.3, 0.4) is 0 Å². The largest absolute Gasteiger partial charge is 0.398 e. The van der Waals surface area contributed by atoms with Gasteiger partial charge in [0, 0.05) is 17.6 Å². The maximum absolute atomic E-state index is 12.3. The molecular formula is C13H18BrN3O3S. The number of nitrogens with zero attached hydrogens (tertiary/aromatic N) is 1. The Labute approximate surface area is 132 Å². The summed E-state index contributed by atoms with van der Waals surface area (Å²) in [5, 5.41) is 0. The third-order valence-corrected chi connectivity index (χ3v) is 5.49. The molecule has 8 heteroatoms. The Morgan fingerprint density at radius 1 is 1.38 bits per heavy atom. The van der Waals surface area contributed by atoms with Crippen molar-refractivity contribution in [3.8, 4) is 0 Å². The van der Waals surface area contributed by atoms with Gasteiger partial charge in [-0.1, -0.05) is 15.9 Å². The van der Waals surface area contributed by atoms with E-state index >= 15 is 0 Å². The number of sulfonamides is 1. The fraction of sp³-hybridized carbons (Fsp3) is 0.462. The zero-order valence-corrected chi connectivity index (χ0v) is 14.1. The molecule has 1 atom stereocenters. The van der Waals surface area contributed by atoms with E-state index in [1.165, 1.54) is 12.1 Å². The lowest BCUT2D eigenvalue weighted by Gasteiger charge is -2.21. The number of anilines is 1. The fourth-order valence-electron chi connectivity index (χ4n) is 2.32. The Bertz CT molecular complexity index is 642. The van der Waals surface area contributed by atoms with Crippen molar-refractivity contribution < 1.29 is 13.2 Å². The van der Waals surface area contributed by atoms with Gasteiger partial charge in [-0.3, -0.25) is 4.79 Å². The number of halogens is 1. The summed E-state index contributed by atoms with van der Waals surface area (Å²) in [6.07, 6.45) is 1.93. The number of nitrogens with one attached hydrogen (secondary N) is 1. The van der Waals surface area contributed by atoms with Crippen molar-refractivity contribution in [2.24, 2.45) is 0 Å². The summed E-state index contributed by atoms with van der Waals surface area (Å²) in [5.74, 6) is -0.202. The zero-order valence-electron chi connectivity index (χ0n) is 11.7. The molecule has 1 saturated heterocycles. The number of likely N-dealkylation sites (tertiary alicyclic amines) is 1. The number of amides is 1. The van der Waals surface area contributed by atoms with Crippen LogP contribution in [0.4, 0.5) is 5.69 Å². The lowest BCUT2D eigenvalue weighted by Crippen LogP contribution is -2.45. The SMILES string of the molecule is CC(NS(=O)(=O)c1ccc(Br)cc1N)C(=O)N1CCCC1. The molecule has 0 aliphatic carbocycles. The van der Waals surface area contributed by atoms with Crippen LogP contribution < -0.4 is 10.5 Å². The lowest BCUT2D eigenvalue weighted by molar-refractivity contribution is -0.131. The van der Waals surface area contributed by atoms with Gasteiger partial charge in [0.25, 0.3) is 0 Å². The predicted octanol–water partition coefficient (Wildman–Crippen LogP) is 1.32. The third kappa shape index (κ3) is 3.75. The van der Waals surface area contributed by atoms with Gasteiger partial charge in [0.1, 0.15) is 4.90 Å². The molecular weight excluding hydrogens is 358 g/mol. The molecule has 0 bridgehead atoms. The topological polar surface area (TPSA) is 92.5 Å². The van der Waals surface area contributed by atoms with Crippen molar-refractivity contribution in [2.45, 2.75) is 30.7 Å². The molecule has 0 aromatic heterocycles. The first-order chi connectivity index (χ1) is 9.81.